The van der Waals surface area contributed by atoms with E-state index in [2.05, 4.69) is 5.32 Å². The summed E-state index contributed by atoms with van der Waals surface area (Å²) >= 11 is 5.81. The predicted octanol–water partition coefficient (Wildman–Crippen LogP) is 3.84. The molecule has 5 heteroatoms. The molecule has 0 saturated heterocycles. The largest absolute Gasteiger partial charge is 0.355 e. The van der Waals surface area contributed by atoms with Crippen molar-refractivity contribution in [3.8, 4) is 0 Å². The summed E-state index contributed by atoms with van der Waals surface area (Å²) in [5.74, 6) is 0. The van der Waals surface area contributed by atoms with E-state index in [0.717, 1.165) is 16.9 Å². The lowest BCUT2D eigenvalue weighted by molar-refractivity contribution is 0.605. The predicted molar refractivity (Wildman–Crippen MR) is 77.4 cm³/mol. The fraction of sp³-hybridized carbons (Fsp3) is 0. The van der Waals surface area contributed by atoms with Crippen molar-refractivity contribution < 1.29 is 8.42 Å². The first-order valence-corrected chi connectivity index (χ1v) is 7.57. The van der Waals surface area contributed by atoms with E-state index in [1.165, 1.54) is 5.41 Å². The van der Waals surface area contributed by atoms with Gasteiger partial charge in [0, 0.05) is 21.8 Å². The number of halogens is 1. The summed E-state index contributed by atoms with van der Waals surface area (Å²) in [4.78, 5) is 0.339. The van der Waals surface area contributed by atoms with E-state index < -0.39 is 9.84 Å². The minimum atomic E-state index is -3.27. The van der Waals surface area contributed by atoms with Gasteiger partial charge in [-0.05, 0) is 48.0 Å². The molecule has 3 nitrogen and oxygen atoms in total. The van der Waals surface area contributed by atoms with Crippen molar-refractivity contribution in [3.63, 3.8) is 0 Å². The second-order valence-electron chi connectivity index (χ2n) is 4.23. The van der Waals surface area contributed by atoms with E-state index >= 15 is 0 Å². The van der Waals surface area contributed by atoms with Crippen molar-refractivity contribution in [1.29, 1.82) is 0 Å². The van der Waals surface area contributed by atoms with Crippen molar-refractivity contribution in [2.24, 2.45) is 0 Å². The molecule has 1 N–H and O–H groups in total. The number of hydrogen-bond acceptors (Lipinski definition) is 3. The molecule has 3 rings (SSSR count). The van der Waals surface area contributed by atoms with Crippen molar-refractivity contribution >= 4 is 38.9 Å². The summed E-state index contributed by atoms with van der Waals surface area (Å²) in [5.41, 5.74) is 2.31. The molecule has 19 heavy (non-hydrogen) atoms. The Balaban J connectivity index is 1.94. The Morgan fingerprint density at radius 1 is 0.947 bits per heavy atom. The molecular formula is C14H10ClNO2S. The van der Waals surface area contributed by atoms with Crippen LogP contribution >= 0.6 is 11.6 Å². The Kier molecular flexibility index (Phi) is 2.84. The van der Waals surface area contributed by atoms with Gasteiger partial charge in [-0.2, -0.15) is 0 Å². The van der Waals surface area contributed by atoms with Crippen LogP contribution in [0.1, 0.15) is 5.56 Å². The topological polar surface area (TPSA) is 46.2 Å². The van der Waals surface area contributed by atoms with Crippen molar-refractivity contribution in [1.82, 2.24) is 0 Å². The maximum Gasteiger partial charge on any atom is 0.200 e. The average Bonchev–Trinajstić information content (AvgIpc) is 2.69. The zero-order valence-electron chi connectivity index (χ0n) is 9.80. The first kappa shape index (κ1) is 12.3. The summed E-state index contributed by atoms with van der Waals surface area (Å²) in [6, 6.07) is 12.5. The molecule has 96 valence electrons. The molecule has 1 heterocycles. The molecule has 0 saturated carbocycles. The third-order valence-electron chi connectivity index (χ3n) is 2.88. The molecule has 0 unspecified atom stereocenters. The van der Waals surface area contributed by atoms with Crippen LogP contribution in [-0.2, 0) is 9.84 Å². The first-order chi connectivity index (χ1) is 9.04. The van der Waals surface area contributed by atoms with Crippen LogP contribution in [0.2, 0.25) is 5.02 Å². The molecule has 0 aliphatic carbocycles. The van der Waals surface area contributed by atoms with Gasteiger partial charge in [-0.15, -0.1) is 0 Å². The van der Waals surface area contributed by atoms with Crippen LogP contribution in [0.4, 0.5) is 11.4 Å². The van der Waals surface area contributed by atoms with E-state index in [4.69, 9.17) is 11.6 Å². The molecule has 2 aromatic rings. The van der Waals surface area contributed by atoms with E-state index in [9.17, 15) is 8.42 Å². The maximum absolute atomic E-state index is 11.8. The Bertz CT molecular complexity index is 765. The van der Waals surface area contributed by atoms with E-state index in [-0.39, 0.29) is 0 Å². The van der Waals surface area contributed by atoms with Crippen LogP contribution in [0.5, 0.6) is 0 Å². The fourth-order valence-corrected chi connectivity index (χ4v) is 3.29. The minimum Gasteiger partial charge on any atom is -0.355 e. The SMILES string of the molecule is O=S1(=O)C=Cc2ccc(Nc3ccc(Cl)cc3)cc21. The third-order valence-corrected chi connectivity index (χ3v) is 4.59. The number of anilines is 2. The van der Waals surface area contributed by atoms with Crippen LogP contribution in [0.3, 0.4) is 0 Å². The molecule has 0 amide bonds. The Morgan fingerprint density at radius 3 is 2.37 bits per heavy atom. The molecule has 0 radical (unpaired) electrons. The van der Waals surface area contributed by atoms with Crippen molar-refractivity contribution in [2.45, 2.75) is 4.90 Å². The summed E-state index contributed by atoms with van der Waals surface area (Å²) in [7, 11) is -3.27. The molecule has 0 atom stereocenters. The van der Waals surface area contributed by atoms with Gasteiger partial charge in [-0.3, -0.25) is 0 Å². The van der Waals surface area contributed by atoms with Crippen LogP contribution in [0.15, 0.2) is 52.8 Å². The number of benzene rings is 2. The smallest absolute Gasteiger partial charge is 0.200 e. The number of nitrogens with one attached hydrogen (secondary N) is 1. The second-order valence-corrected chi connectivity index (χ2v) is 6.47. The molecule has 2 aromatic carbocycles. The van der Waals surface area contributed by atoms with Crippen LogP contribution in [-0.4, -0.2) is 8.42 Å². The molecular weight excluding hydrogens is 282 g/mol. The van der Waals surface area contributed by atoms with Gasteiger partial charge in [0.1, 0.15) is 0 Å². The molecule has 1 aliphatic heterocycles. The lowest BCUT2D eigenvalue weighted by atomic mass is 10.2. The second kappa shape index (κ2) is 4.40. The highest BCUT2D eigenvalue weighted by Gasteiger charge is 2.20. The molecule has 0 spiro atoms. The quantitative estimate of drug-likeness (QED) is 0.914. The normalized spacial score (nSPS) is 15.2. The van der Waals surface area contributed by atoms with Gasteiger partial charge in [-0.1, -0.05) is 17.7 Å². The Morgan fingerprint density at radius 2 is 1.63 bits per heavy atom. The average molecular weight is 292 g/mol. The van der Waals surface area contributed by atoms with E-state index in [1.54, 1.807) is 30.3 Å². The lowest BCUT2D eigenvalue weighted by Crippen LogP contribution is -1.96. The van der Waals surface area contributed by atoms with Gasteiger partial charge in [0.05, 0.1) is 4.90 Å². The highest BCUT2D eigenvalue weighted by atomic mass is 35.5. The van der Waals surface area contributed by atoms with Crippen LogP contribution in [0.25, 0.3) is 6.08 Å². The highest BCUT2D eigenvalue weighted by Crippen LogP contribution is 2.30. The summed E-state index contributed by atoms with van der Waals surface area (Å²) < 4.78 is 23.5. The lowest BCUT2D eigenvalue weighted by Gasteiger charge is -2.08. The molecule has 0 fully saturated rings. The fourth-order valence-electron chi connectivity index (χ4n) is 1.93. The Labute approximate surface area is 116 Å². The summed E-state index contributed by atoms with van der Waals surface area (Å²) in [6.45, 7) is 0. The summed E-state index contributed by atoms with van der Waals surface area (Å²) in [5, 5.41) is 5.03. The molecule has 0 aromatic heterocycles. The molecule has 1 aliphatic rings. The number of sulfone groups is 1. The third kappa shape index (κ3) is 2.37. The van der Waals surface area contributed by atoms with Gasteiger partial charge in [0.15, 0.2) is 0 Å². The maximum atomic E-state index is 11.8. The van der Waals surface area contributed by atoms with Gasteiger partial charge in [0.2, 0.25) is 9.84 Å². The highest BCUT2D eigenvalue weighted by molar-refractivity contribution is 7.94. The van der Waals surface area contributed by atoms with Gasteiger partial charge >= 0.3 is 0 Å². The number of fused-ring (bicyclic) bond motifs is 1. The zero-order valence-corrected chi connectivity index (χ0v) is 11.4. The van der Waals surface area contributed by atoms with Gasteiger partial charge in [-0.25, -0.2) is 8.42 Å². The monoisotopic (exact) mass is 291 g/mol. The van der Waals surface area contributed by atoms with E-state index in [1.807, 2.05) is 18.2 Å². The van der Waals surface area contributed by atoms with Gasteiger partial charge < -0.3 is 5.32 Å². The van der Waals surface area contributed by atoms with Crippen molar-refractivity contribution in [2.75, 3.05) is 5.32 Å². The van der Waals surface area contributed by atoms with Crippen LogP contribution in [0, 0.1) is 0 Å². The zero-order chi connectivity index (χ0) is 13.5. The minimum absolute atomic E-state index is 0.339. The summed E-state index contributed by atoms with van der Waals surface area (Å²) in [6.07, 6.45) is 1.61. The van der Waals surface area contributed by atoms with Crippen molar-refractivity contribution in [3.05, 3.63) is 58.5 Å². The van der Waals surface area contributed by atoms with Gasteiger partial charge in [0.25, 0.3) is 0 Å². The van der Waals surface area contributed by atoms with E-state index in [0.29, 0.717) is 9.92 Å². The Hall–Kier alpha value is -1.78. The first-order valence-electron chi connectivity index (χ1n) is 5.64. The standard InChI is InChI=1S/C14H10ClNO2S/c15-11-2-5-12(6-3-11)16-13-4-1-10-7-8-19(17,18)14(10)9-13/h1-9,16H. The number of rotatable bonds is 2. The van der Waals surface area contributed by atoms with Crippen LogP contribution < -0.4 is 5.32 Å². The number of hydrogen-bond donors (Lipinski definition) is 1. The molecule has 0 bridgehead atoms.